The van der Waals surface area contributed by atoms with Gasteiger partial charge in [-0.2, -0.15) is 23.7 Å². The second kappa shape index (κ2) is 3.39. The quantitative estimate of drug-likeness (QED) is 0.639. The first-order valence-corrected chi connectivity index (χ1v) is 3.50. The van der Waals surface area contributed by atoms with Gasteiger partial charge in [0.05, 0.1) is 28.8 Å². The van der Waals surface area contributed by atoms with Crippen molar-refractivity contribution in [3.8, 4) is 12.1 Å². The van der Waals surface area contributed by atoms with E-state index in [-0.39, 0.29) is 11.1 Å². The Balaban J connectivity index is 3.36. The largest absolute Gasteiger partial charge is 0.416 e. The predicted molar refractivity (Wildman–Crippen MR) is 40.9 cm³/mol. The first-order chi connectivity index (χ1) is 6.47. The number of hydrogen-bond donors (Lipinski definition) is 0. The molecule has 0 aliphatic heterocycles. The summed E-state index contributed by atoms with van der Waals surface area (Å²) in [5, 5.41) is 16.8. The van der Waals surface area contributed by atoms with E-state index in [1.165, 1.54) is 0 Å². The third-order valence-electron chi connectivity index (χ3n) is 1.52. The van der Waals surface area contributed by atoms with E-state index in [4.69, 9.17) is 10.5 Å². The van der Waals surface area contributed by atoms with Crippen LogP contribution in [0.1, 0.15) is 16.7 Å². The zero-order chi connectivity index (χ0) is 10.8. The van der Waals surface area contributed by atoms with E-state index >= 15 is 0 Å². The van der Waals surface area contributed by atoms with Crippen molar-refractivity contribution < 1.29 is 13.2 Å². The third kappa shape index (κ3) is 2.02. The van der Waals surface area contributed by atoms with Gasteiger partial charge in [0, 0.05) is 0 Å². The summed E-state index contributed by atoms with van der Waals surface area (Å²) in [4.78, 5) is 0. The molecule has 5 heteroatoms. The Kier molecular flexibility index (Phi) is 2.44. The van der Waals surface area contributed by atoms with E-state index in [1.54, 1.807) is 12.1 Å². The van der Waals surface area contributed by atoms with Crippen molar-refractivity contribution in [1.82, 2.24) is 0 Å². The second-order valence-corrected chi connectivity index (χ2v) is 2.52. The van der Waals surface area contributed by atoms with Crippen molar-refractivity contribution in [3.63, 3.8) is 0 Å². The van der Waals surface area contributed by atoms with Gasteiger partial charge < -0.3 is 0 Å². The molecule has 0 heterocycles. The van der Waals surface area contributed by atoms with Crippen LogP contribution in [0.4, 0.5) is 13.2 Å². The Morgan fingerprint density at radius 3 is 1.64 bits per heavy atom. The molecule has 0 radical (unpaired) electrons. The minimum absolute atomic E-state index is 0.170. The van der Waals surface area contributed by atoms with Crippen molar-refractivity contribution >= 4 is 0 Å². The first kappa shape index (κ1) is 10.1. The molecule has 70 valence electrons. The highest BCUT2D eigenvalue weighted by Gasteiger charge is 2.31. The summed E-state index contributed by atoms with van der Waals surface area (Å²) in [6.07, 6.45) is -4.53. The maximum Gasteiger partial charge on any atom is 0.416 e. The summed E-state index contributed by atoms with van der Waals surface area (Å²) in [5.74, 6) is 0. The summed E-state index contributed by atoms with van der Waals surface area (Å²) < 4.78 is 36.6. The van der Waals surface area contributed by atoms with Crippen LogP contribution in [-0.4, -0.2) is 0 Å². The van der Waals surface area contributed by atoms with Gasteiger partial charge in [-0.1, -0.05) is 0 Å². The molecule has 0 fully saturated rings. The van der Waals surface area contributed by atoms with E-state index < -0.39 is 11.7 Å². The van der Waals surface area contributed by atoms with Gasteiger partial charge in [-0.05, 0) is 18.2 Å². The average molecular weight is 196 g/mol. The summed E-state index contributed by atoms with van der Waals surface area (Å²) in [5.41, 5.74) is -1.32. The van der Waals surface area contributed by atoms with Gasteiger partial charge in [-0.3, -0.25) is 0 Å². The van der Waals surface area contributed by atoms with E-state index in [0.29, 0.717) is 12.1 Å². The number of hydrogen-bond acceptors (Lipinski definition) is 2. The summed E-state index contributed by atoms with van der Waals surface area (Å²) in [6.45, 7) is 0. The molecule has 0 N–H and O–H groups in total. The molecule has 14 heavy (non-hydrogen) atoms. The molecule has 1 aromatic carbocycles. The molecule has 1 rings (SSSR count). The highest BCUT2D eigenvalue weighted by Crippen LogP contribution is 2.30. The molecule has 0 amide bonds. The van der Waals surface area contributed by atoms with Crippen LogP contribution in [0.5, 0.6) is 0 Å². The molecule has 0 atom stereocenters. The lowest BCUT2D eigenvalue weighted by atomic mass is 10.1. The molecule has 0 aromatic heterocycles. The molecule has 1 aromatic rings. The smallest absolute Gasteiger partial charge is 0.192 e. The maximum absolute atomic E-state index is 12.2. The second-order valence-electron chi connectivity index (χ2n) is 2.52. The molecule has 0 spiro atoms. The monoisotopic (exact) mass is 196 g/mol. The minimum Gasteiger partial charge on any atom is -0.192 e. The van der Waals surface area contributed by atoms with Crippen molar-refractivity contribution in [3.05, 3.63) is 34.9 Å². The Morgan fingerprint density at radius 2 is 1.36 bits per heavy atom. The molecule has 0 aliphatic rings. The first-order valence-electron chi connectivity index (χ1n) is 3.50. The number of benzene rings is 1. The zero-order valence-corrected chi connectivity index (χ0v) is 6.76. The molecule has 2 nitrogen and oxygen atoms in total. The number of nitrogens with zero attached hydrogens (tertiary/aromatic N) is 2. The number of alkyl halides is 3. The summed E-state index contributed by atoms with van der Waals surface area (Å²) in [6, 6.07) is 5.65. The SMILES string of the molecule is N#Cc1cc(C#N)cc(C(F)(F)F)c1. The molecule has 0 saturated carbocycles. The maximum atomic E-state index is 12.2. The van der Waals surface area contributed by atoms with E-state index in [1.807, 2.05) is 0 Å². The number of rotatable bonds is 0. The van der Waals surface area contributed by atoms with Crippen LogP contribution in [-0.2, 0) is 6.18 Å². The molecule has 0 aliphatic carbocycles. The van der Waals surface area contributed by atoms with E-state index in [0.717, 1.165) is 6.07 Å². The van der Waals surface area contributed by atoms with Gasteiger partial charge in [0.25, 0.3) is 0 Å². The van der Waals surface area contributed by atoms with Gasteiger partial charge in [0.1, 0.15) is 0 Å². The Labute approximate surface area is 77.8 Å². The average Bonchev–Trinajstić information content (AvgIpc) is 2.15. The molecule has 0 saturated heterocycles. The van der Waals surface area contributed by atoms with Crippen LogP contribution in [0, 0.1) is 22.7 Å². The van der Waals surface area contributed by atoms with Crippen LogP contribution in [0.3, 0.4) is 0 Å². The number of nitriles is 2. The van der Waals surface area contributed by atoms with Gasteiger partial charge >= 0.3 is 6.18 Å². The fourth-order valence-electron chi connectivity index (χ4n) is 0.920. The predicted octanol–water partition coefficient (Wildman–Crippen LogP) is 2.45. The molecule has 0 unspecified atom stereocenters. The van der Waals surface area contributed by atoms with Crippen LogP contribution < -0.4 is 0 Å². The Bertz CT molecular complexity index is 403. The lowest BCUT2D eigenvalue weighted by molar-refractivity contribution is -0.137. The van der Waals surface area contributed by atoms with Crippen molar-refractivity contribution in [1.29, 1.82) is 10.5 Å². The Morgan fingerprint density at radius 1 is 0.929 bits per heavy atom. The zero-order valence-electron chi connectivity index (χ0n) is 6.76. The highest BCUT2D eigenvalue weighted by molar-refractivity contribution is 5.43. The van der Waals surface area contributed by atoms with Crippen LogP contribution in [0.2, 0.25) is 0 Å². The summed E-state index contributed by atoms with van der Waals surface area (Å²) in [7, 11) is 0. The van der Waals surface area contributed by atoms with Crippen molar-refractivity contribution in [2.75, 3.05) is 0 Å². The van der Waals surface area contributed by atoms with Crippen molar-refractivity contribution in [2.45, 2.75) is 6.18 Å². The third-order valence-corrected chi connectivity index (χ3v) is 1.52. The van der Waals surface area contributed by atoms with Crippen molar-refractivity contribution in [2.24, 2.45) is 0 Å². The fourth-order valence-corrected chi connectivity index (χ4v) is 0.920. The molecular weight excluding hydrogens is 193 g/mol. The van der Waals surface area contributed by atoms with Gasteiger partial charge in [-0.15, -0.1) is 0 Å². The van der Waals surface area contributed by atoms with E-state index in [2.05, 4.69) is 0 Å². The lowest BCUT2D eigenvalue weighted by Crippen LogP contribution is -2.05. The van der Waals surface area contributed by atoms with Crippen LogP contribution >= 0.6 is 0 Å². The van der Waals surface area contributed by atoms with Gasteiger partial charge in [-0.25, -0.2) is 0 Å². The highest BCUT2D eigenvalue weighted by atomic mass is 19.4. The van der Waals surface area contributed by atoms with Gasteiger partial charge in [0.15, 0.2) is 0 Å². The van der Waals surface area contributed by atoms with Crippen LogP contribution in [0.15, 0.2) is 18.2 Å². The molecule has 0 bridgehead atoms. The number of halogens is 3. The minimum atomic E-state index is -4.53. The van der Waals surface area contributed by atoms with Gasteiger partial charge in [0.2, 0.25) is 0 Å². The Hall–Kier alpha value is -2.01. The summed E-state index contributed by atoms with van der Waals surface area (Å²) >= 11 is 0. The lowest BCUT2D eigenvalue weighted by Gasteiger charge is -2.06. The topological polar surface area (TPSA) is 47.6 Å². The molecular formula is C9H3F3N2. The fraction of sp³-hybridized carbons (Fsp3) is 0.111. The standard InChI is InChI=1S/C9H3F3N2/c10-9(11,12)8-2-6(4-13)1-7(3-8)5-14/h1-3H. The van der Waals surface area contributed by atoms with E-state index in [9.17, 15) is 13.2 Å². The van der Waals surface area contributed by atoms with Crippen LogP contribution in [0.25, 0.3) is 0 Å². The normalized spacial score (nSPS) is 10.4.